The summed E-state index contributed by atoms with van der Waals surface area (Å²) in [5.41, 5.74) is 0.632. The molecule has 0 saturated heterocycles. The minimum Gasteiger partial charge on any atom is -0.289 e. The molecule has 6 heteroatoms. The highest BCUT2D eigenvalue weighted by atomic mass is 16.6. The number of carbonyl (C=O) groups excluding carboxylic acids is 1. The first-order valence-electron chi connectivity index (χ1n) is 5.29. The monoisotopic (exact) mass is 247 g/mol. The predicted molar refractivity (Wildman–Crippen MR) is 68.1 cm³/mol. The van der Waals surface area contributed by atoms with Crippen molar-refractivity contribution in [3.05, 3.63) is 58.2 Å². The van der Waals surface area contributed by atoms with Crippen molar-refractivity contribution in [2.24, 2.45) is 4.99 Å². The zero-order valence-corrected chi connectivity index (χ0v) is 9.89. The molecule has 0 atom stereocenters. The molecular formula is C12H13N3O3. The van der Waals surface area contributed by atoms with Crippen molar-refractivity contribution in [1.82, 2.24) is 4.90 Å². The Hall–Kier alpha value is -2.50. The Labute approximate surface area is 104 Å². The van der Waals surface area contributed by atoms with Gasteiger partial charge in [-0.2, -0.15) is 0 Å². The summed E-state index contributed by atoms with van der Waals surface area (Å²) in [6, 6.07) is 0. The molecule has 1 aliphatic carbocycles. The second-order valence-electron chi connectivity index (χ2n) is 3.33. The number of carbonyl (C=O) groups is 1. The summed E-state index contributed by atoms with van der Waals surface area (Å²) in [6.45, 7) is 1.76. The van der Waals surface area contributed by atoms with Crippen molar-refractivity contribution in [3.63, 3.8) is 0 Å². The van der Waals surface area contributed by atoms with E-state index in [1.807, 2.05) is 0 Å². The van der Waals surface area contributed by atoms with Gasteiger partial charge in [-0.15, -0.1) is 0 Å². The summed E-state index contributed by atoms with van der Waals surface area (Å²) in [4.78, 5) is 26.2. The zero-order valence-electron chi connectivity index (χ0n) is 9.89. The average Bonchev–Trinajstić information content (AvgIpc) is 2.60. The van der Waals surface area contributed by atoms with Crippen LogP contribution >= 0.6 is 0 Å². The van der Waals surface area contributed by atoms with Gasteiger partial charge in [0.05, 0.1) is 11.3 Å². The van der Waals surface area contributed by atoms with Crippen LogP contribution in [0.3, 0.4) is 0 Å². The van der Waals surface area contributed by atoms with Gasteiger partial charge >= 0.3 is 0 Å². The molecule has 0 saturated carbocycles. The fraction of sp³-hybridized carbons (Fsp3) is 0.167. The lowest BCUT2D eigenvalue weighted by Gasteiger charge is -2.11. The number of nitro groups is 1. The number of hydrogen-bond donors (Lipinski definition) is 0. The largest absolute Gasteiger partial charge is 0.289 e. The Kier molecular flexibility index (Phi) is 5.24. The molecule has 0 N–H and O–H groups in total. The lowest BCUT2D eigenvalue weighted by Crippen LogP contribution is -2.12. The first kappa shape index (κ1) is 13.6. The maximum Gasteiger partial charge on any atom is 0.250 e. The molecule has 0 unspecified atom stereocenters. The van der Waals surface area contributed by atoms with E-state index in [9.17, 15) is 14.9 Å². The molecule has 1 rings (SSSR count). The molecule has 0 aromatic heterocycles. The van der Waals surface area contributed by atoms with E-state index in [0.29, 0.717) is 12.1 Å². The van der Waals surface area contributed by atoms with E-state index < -0.39 is 4.92 Å². The summed E-state index contributed by atoms with van der Waals surface area (Å²) in [6.07, 6.45) is 11.6. The summed E-state index contributed by atoms with van der Waals surface area (Å²) in [5, 5.41) is 10.6. The molecule has 0 aromatic carbocycles. The quantitative estimate of drug-likeness (QED) is 0.323. The van der Waals surface area contributed by atoms with E-state index in [4.69, 9.17) is 0 Å². The van der Waals surface area contributed by atoms with E-state index in [2.05, 4.69) is 4.99 Å². The smallest absolute Gasteiger partial charge is 0.250 e. The van der Waals surface area contributed by atoms with Gasteiger partial charge in [-0.05, 0) is 19.1 Å². The standard InChI is InChI=1S/C12H13N3O3/c1-2-13-8-9-14(10-16)11-4-3-5-12(7-6-11)15(17)18/h2-4,6-10H,5H2,1H3/b9-8-,13-2?. The van der Waals surface area contributed by atoms with Crippen molar-refractivity contribution in [3.8, 4) is 0 Å². The van der Waals surface area contributed by atoms with Crippen LogP contribution in [0.15, 0.2) is 53.1 Å². The van der Waals surface area contributed by atoms with Gasteiger partial charge < -0.3 is 0 Å². The van der Waals surface area contributed by atoms with E-state index in [1.165, 1.54) is 29.5 Å². The molecule has 0 radical (unpaired) electrons. The van der Waals surface area contributed by atoms with Crippen LogP contribution in [0.1, 0.15) is 13.3 Å². The van der Waals surface area contributed by atoms with Crippen molar-refractivity contribution >= 4 is 12.6 Å². The first-order chi connectivity index (χ1) is 8.69. The van der Waals surface area contributed by atoms with Gasteiger partial charge in [0.15, 0.2) is 0 Å². The van der Waals surface area contributed by atoms with E-state index in [-0.39, 0.29) is 12.1 Å². The van der Waals surface area contributed by atoms with Crippen molar-refractivity contribution < 1.29 is 9.72 Å². The summed E-state index contributed by atoms with van der Waals surface area (Å²) < 4.78 is 0. The molecule has 0 aliphatic heterocycles. The summed E-state index contributed by atoms with van der Waals surface area (Å²) in [5.74, 6) is 0. The van der Waals surface area contributed by atoms with E-state index >= 15 is 0 Å². The van der Waals surface area contributed by atoms with Crippen LogP contribution in [0.5, 0.6) is 0 Å². The maximum atomic E-state index is 10.9. The average molecular weight is 247 g/mol. The number of aliphatic imine (C=N–C) groups is 1. The SMILES string of the molecule is CC=N/C=C\N(C=O)C1=CC=C([N+](=O)[O-])CC=C1. The fourth-order valence-corrected chi connectivity index (χ4v) is 1.29. The predicted octanol–water partition coefficient (Wildman–Crippen LogP) is 2.01. The fourth-order valence-electron chi connectivity index (χ4n) is 1.29. The third kappa shape index (κ3) is 3.82. The summed E-state index contributed by atoms with van der Waals surface area (Å²) in [7, 11) is 0. The van der Waals surface area contributed by atoms with Crippen LogP contribution < -0.4 is 0 Å². The normalized spacial score (nSPS) is 15.4. The molecule has 0 heterocycles. The first-order valence-corrected chi connectivity index (χ1v) is 5.29. The van der Waals surface area contributed by atoms with Crippen LogP contribution in [0.25, 0.3) is 0 Å². The molecule has 1 amide bonds. The molecule has 0 spiro atoms. The zero-order chi connectivity index (χ0) is 13.4. The molecular weight excluding hydrogens is 234 g/mol. The Bertz CT molecular complexity index is 473. The van der Waals surface area contributed by atoms with Crippen LogP contribution in [0, 0.1) is 10.1 Å². The second kappa shape index (κ2) is 6.95. The van der Waals surface area contributed by atoms with Crippen molar-refractivity contribution in [2.75, 3.05) is 0 Å². The highest BCUT2D eigenvalue weighted by Gasteiger charge is 2.11. The molecule has 0 aromatic rings. The van der Waals surface area contributed by atoms with Gasteiger partial charge in [-0.1, -0.05) is 6.08 Å². The minimum absolute atomic E-state index is 0.0858. The van der Waals surface area contributed by atoms with Crippen molar-refractivity contribution in [2.45, 2.75) is 13.3 Å². The Morgan fingerprint density at radius 1 is 1.50 bits per heavy atom. The van der Waals surface area contributed by atoms with E-state index in [1.54, 1.807) is 25.3 Å². The van der Waals surface area contributed by atoms with Gasteiger partial charge in [-0.25, -0.2) is 0 Å². The lowest BCUT2D eigenvalue weighted by atomic mass is 10.3. The van der Waals surface area contributed by atoms with Gasteiger partial charge in [0.1, 0.15) is 0 Å². The topological polar surface area (TPSA) is 75.8 Å². The number of allylic oxidation sites excluding steroid dienone is 4. The third-order valence-corrected chi connectivity index (χ3v) is 2.17. The molecule has 0 bridgehead atoms. The van der Waals surface area contributed by atoms with Crippen molar-refractivity contribution in [1.29, 1.82) is 0 Å². The van der Waals surface area contributed by atoms with Gasteiger partial charge in [0.2, 0.25) is 12.1 Å². The third-order valence-electron chi connectivity index (χ3n) is 2.17. The molecule has 0 fully saturated rings. The van der Waals surface area contributed by atoms with Crippen LogP contribution in [0.4, 0.5) is 0 Å². The molecule has 18 heavy (non-hydrogen) atoms. The van der Waals surface area contributed by atoms with Gasteiger partial charge in [0.25, 0.3) is 0 Å². The minimum atomic E-state index is -0.438. The Balaban J connectivity index is 2.93. The van der Waals surface area contributed by atoms with E-state index in [0.717, 1.165) is 0 Å². The van der Waals surface area contributed by atoms with Crippen LogP contribution in [-0.2, 0) is 4.79 Å². The van der Waals surface area contributed by atoms with Crippen LogP contribution in [0.2, 0.25) is 0 Å². The maximum absolute atomic E-state index is 10.9. The number of rotatable bonds is 5. The summed E-state index contributed by atoms with van der Waals surface area (Å²) >= 11 is 0. The van der Waals surface area contributed by atoms with Crippen LogP contribution in [-0.4, -0.2) is 22.4 Å². The highest BCUT2D eigenvalue weighted by Crippen LogP contribution is 2.14. The molecule has 6 nitrogen and oxygen atoms in total. The number of amides is 1. The van der Waals surface area contributed by atoms with Gasteiger partial charge in [-0.3, -0.25) is 24.8 Å². The molecule has 1 aliphatic rings. The van der Waals surface area contributed by atoms with Gasteiger partial charge in [0, 0.05) is 30.4 Å². The Morgan fingerprint density at radius 2 is 2.28 bits per heavy atom. The second-order valence-corrected chi connectivity index (χ2v) is 3.33. The highest BCUT2D eigenvalue weighted by molar-refractivity contribution is 5.57. The molecule has 94 valence electrons. The number of hydrogen-bond acceptors (Lipinski definition) is 4. The number of nitrogens with zero attached hydrogens (tertiary/aromatic N) is 3. The Morgan fingerprint density at radius 3 is 2.89 bits per heavy atom. The lowest BCUT2D eigenvalue weighted by molar-refractivity contribution is -0.426.